The van der Waals surface area contributed by atoms with Gasteiger partial charge in [-0.1, -0.05) is 30.3 Å². The van der Waals surface area contributed by atoms with Gasteiger partial charge in [0.2, 0.25) is 0 Å². The lowest BCUT2D eigenvalue weighted by Crippen LogP contribution is -2.15. The van der Waals surface area contributed by atoms with Crippen molar-refractivity contribution in [2.45, 2.75) is 20.0 Å². The number of hydrogen-bond donors (Lipinski definition) is 2. The molecule has 0 unspecified atom stereocenters. The largest absolute Gasteiger partial charge is 0.507 e. The SMILES string of the molecule is CC(C)OC(=O)c1cc(C(=O)c2ccccc2O)cnc1Nc1ccccc1. The third-order valence-corrected chi connectivity index (χ3v) is 3.90. The van der Waals surface area contributed by atoms with Crippen molar-refractivity contribution >= 4 is 23.3 Å². The molecule has 2 aromatic carbocycles. The van der Waals surface area contributed by atoms with Gasteiger partial charge in [-0.05, 0) is 44.2 Å². The van der Waals surface area contributed by atoms with E-state index in [0.29, 0.717) is 0 Å². The van der Waals surface area contributed by atoms with E-state index in [9.17, 15) is 14.7 Å². The molecule has 0 bridgehead atoms. The third-order valence-electron chi connectivity index (χ3n) is 3.90. The van der Waals surface area contributed by atoms with Crippen LogP contribution in [-0.4, -0.2) is 27.9 Å². The molecule has 1 aromatic heterocycles. The number of carbonyl (C=O) groups excluding carboxylic acids is 2. The molecule has 0 saturated carbocycles. The molecule has 0 aliphatic heterocycles. The number of nitrogens with one attached hydrogen (secondary N) is 1. The molecule has 0 radical (unpaired) electrons. The summed E-state index contributed by atoms with van der Waals surface area (Å²) in [4.78, 5) is 29.6. The number of phenols is 1. The first-order chi connectivity index (χ1) is 13.5. The first-order valence-corrected chi connectivity index (χ1v) is 8.81. The van der Waals surface area contributed by atoms with Crippen molar-refractivity contribution in [2.75, 3.05) is 5.32 Å². The van der Waals surface area contributed by atoms with Gasteiger partial charge < -0.3 is 15.2 Å². The van der Waals surface area contributed by atoms with Gasteiger partial charge in [-0.2, -0.15) is 0 Å². The van der Waals surface area contributed by atoms with E-state index in [1.165, 1.54) is 24.4 Å². The van der Waals surface area contributed by atoms with Crippen LogP contribution in [0.5, 0.6) is 5.75 Å². The number of phenolic OH excluding ortho intramolecular Hbond substituents is 1. The number of ether oxygens (including phenoxy) is 1. The average molecular weight is 376 g/mol. The second kappa shape index (κ2) is 8.35. The number of pyridine rings is 1. The number of aromatic nitrogens is 1. The Morgan fingerprint density at radius 3 is 2.36 bits per heavy atom. The molecule has 3 rings (SSSR count). The van der Waals surface area contributed by atoms with Gasteiger partial charge in [-0.15, -0.1) is 0 Å². The second-order valence-corrected chi connectivity index (χ2v) is 6.41. The van der Waals surface area contributed by atoms with E-state index < -0.39 is 11.8 Å². The van der Waals surface area contributed by atoms with Crippen molar-refractivity contribution in [3.63, 3.8) is 0 Å². The van der Waals surface area contributed by atoms with Crippen LogP contribution in [0.3, 0.4) is 0 Å². The van der Waals surface area contributed by atoms with Crippen molar-refractivity contribution in [3.8, 4) is 5.75 Å². The van der Waals surface area contributed by atoms with Crippen LogP contribution in [0, 0.1) is 0 Å². The number of esters is 1. The van der Waals surface area contributed by atoms with Crippen molar-refractivity contribution in [1.29, 1.82) is 0 Å². The maximum atomic E-state index is 12.8. The number of anilines is 2. The molecule has 6 nitrogen and oxygen atoms in total. The molecule has 6 heteroatoms. The number of rotatable bonds is 6. The average Bonchev–Trinajstić information content (AvgIpc) is 2.68. The van der Waals surface area contributed by atoms with E-state index in [4.69, 9.17) is 4.74 Å². The van der Waals surface area contributed by atoms with Crippen LogP contribution in [0.2, 0.25) is 0 Å². The fraction of sp³-hybridized carbons (Fsp3) is 0.136. The molecule has 0 atom stereocenters. The number of para-hydroxylation sites is 2. The van der Waals surface area contributed by atoms with Crippen molar-refractivity contribution in [1.82, 2.24) is 4.98 Å². The van der Waals surface area contributed by atoms with Crippen LogP contribution < -0.4 is 5.32 Å². The molecule has 0 aliphatic rings. The van der Waals surface area contributed by atoms with E-state index in [-0.39, 0.29) is 34.4 Å². The fourth-order valence-electron chi connectivity index (χ4n) is 2.60. The third kappa shape index (κ3) is 4.35. The first-order valence-electron chi connectivity index (χ1n) is 8.81. The summed E-state index contributed by atoms with van der Waals surface area (Å²) in [5, 5.41) is 13.0. The van der Waals surface area contributed by atoms with Gasteiger partial charge in [0.25, 0.3) is 0 Å². The molecule has 0 amide bonds. The fourth-order valence-corrected chi connectivity index (χ4v) is 2.60. The highest BCUT2D eigenvalue weighted by molar-refractivity contribution is 6.11. The lowest BCUT2D eigenvalue weighted by Gasteiger charge is -2.14. The number of ketones is 1. The number of aromatic hydroxyl groups is 1. The minimum absolute atomic E-state index is 0.134. The minimum Gasteiger partial charge on any atom is -0.507 e. The van der Waals surface area contributed by atoms with Gasteiger partial charge in [0.15, 0.2) is 5.78 Å². The van der Waals surface area contributed by atoms with Crippen LogP contribution in [0.15, 0.2) is 66.9 Å². The predicted molar refractivity (Wildman–Crippen MR) is 106 cm³/mol. The lowest BCUT2D eigenvalue weighted by molar-refractivity contribution is 0.0378. The van der Waals surface area contributed by atoms with Crippen molar-refractivity contribution in [2.24, 2.45) is 0 Å². The van der Waals surface area contributed by atoms with Crippen LogP contribution in [0.1, 0.15) is 40.1 Å². The van der Waals surface area contributed by atoms with Gasteiger partial charge in [0, 0.05) is 17.4 Å². The Bertz CT molecular complexity index is 1000. The molecule has 0 aliphatic carbocycles. The highest BCUT2D eigenvalue weighted by Crippen LogP contribution is 2.24. The van der Waals surface area contributed by atoms with Gasteiger partial charge in [0.05, 0.1) is 11.7 Å². The summed E-state index contributed by atoms with van der Waals surface area (Å²) in [6.07, 6.45) is 1.04. The normalized spacial score (nSPS) is 10.5. The quantitative estimate of drug-likeness (QED) is 0.492. The van der Waals surface area contributed by atoms with E-state index >= 15 is 0 Å². The predicted octanol–water partition coefficient (Wildman–Crippen LogP) is 4.33. The summed E-state index contributed by atoms with van der Waals surface area (Å²) in [6.45, 7) is 3.49. The van der Waals surface area contributed by atoms with E-state index in [0.717, 1.165) is 5.69 Å². The maximum Gasteiger partial charge on any atom is 0.342 e. The summed E-state index contributed by atoms with van der Waals surface area (Å²) in [5.74, 6) is -0.876. The Balaban J connectivity index is 2.01. The summed E-state index contributed by atoms with van der Waals surface area (Å²) >= 11 is 0. The summed E-state index contributed by atoms with van der Waals surface area (Å²) in [7, 11) is 0. The topological polar surface area (TPSA) is 88.5 Å². The van der Waals surface area contributed by atoms with Gasteiger partial charge in [0.1, 0.15) is 17.1 Å². The van der Waals surface area contributed by atoms with Crippen LogP contribution in [-0.2, 0) is 4.74 Å². The smallest absolute Gasteiger partial charge is 0.342 e. The van der Waals surface area contributed by atoms with Gasteiger partial charge in [-0.3, -0.25) is 4.79 Å². The van der Waals surface area contributed by atoms with Crippen LogP contribution in [0.4, 0.5) is 11.5 Å². The molecule has 1 heterocycles. The lowest BCUT2D eigenvalue weighted by atomic mass is 10.0. The Morgan fingerprint density at radius 2 is 1.68 bits per heavy atom. The maximum absolute atomic E-state index is 12.8. The standard InChI is InChI=1S/C22H20N2O4/c1-14(2)28-22(27)18-12-15(20(26)17-10-6-7-11-19(17)25)13-23-21(18)24-16-8-4-3-5-9-16/h3-14,25H,1-2H3,(H,23,24). The molecule has 2 N–H and O–H groups in total. The van der Waals surface area contributed by atoms with Gasteiger partial charge >= 0.3 is 5.97 Å². The molecule has 0 fully saturated rings. The zero-order valence-corrected chi connectivity index (χ0v) is 15.5. The Hall–Kier alpha value is -3.67. The van der Waals surface area contributed by atoms with Crippen LogP contribution >= 0.6 is 0 Å². The van der Waals surface area contributed by atoms with Crippen molar-refractivity contribution in [3.05, 3.63) is 83.6 Å². The summed E-state index contributed by atoms with van der Waals surface area (Å²) < 4.78 is 5.30. The molecule has 28 heavy (non-hydrogen) atoms. The highest BCUT2D eigenvalue weighted by atomic mass is 16.5. The Kier molecular flexibility index (Phi) is 5.69. The molecule has 0 spiro atoms. The first kappa shape index (κ1) is 19.1. The van der Waals surface area contributed by atoms with E-state index in [1.54, 1.807) is 26.0 Å². The summed E-state index contributed by atoms with van der Waals surface area (Å²) in [6, 6.07) is 16.9. The molecule has 142 valence electrons. The number of benzene rings is 2. The second-order valence-electron chi connectivity index (χ2n) is 6.41. The molecule has 3 aromatic rings. The van der Waals surface area contributed by atoms with Gasteiger partial charge in [-0.25, -0.2) is 9.78 Å². The van der Waals surface area contributed by atoms with Crippen molar-refractivity contribution < 1.29 is 19.4 Å². The monoisotopic (exact) mass is 376 g/mol. The Morgan fingerprint density at radius 1 is 1.00 bits per heavy atom. The zero-order valence-electron chi connectivity index (χ0n) is 15.5. The molecular formula is C22H20N2O4. The van der Waals surface area contributed by atoms with Crippen LogP contribution in [0.25, 0.3) is 0 Å². The zero-order chi connectivity index (χ0) is 20.1. The molecular weight excluding hydrogens is 356 g/mol. The number of hydrogen-bond acceptors (Lipinski definition) is 6. The number of carbonyl (C=O) groups is 2. The Labute approximate surface area is 162 Å². The summed E-state index contributed by atoms with van der Waals surface area (Å²) in [5.41, 5.74) is 1.19. The van der Waals surface area contributed by atoms with E-state index in [2.05, 4.69) is 10.3 Å². The highest BCUT2D eigenvalue weighted by Gasteiger charge is 2.21. The van der Waals surface area contributed by atoms with E-state index in [1.807, 2.05) is 30.3 Å². The number of nitrogens with zero attached hydrogens (tertiary/aromatic N) is 1. The molecule has 0 saturated heterocycles. The minimum atomic E-state index is -0.590.